The zero-order chi connectivity index (χ0) is 17.2. The van der Waals surface area contributed by atoms with E-state index in [1.54, 1.807) is 0 Å². The molecule has 2 aromatic rings. The van der Waals surface area contributed by atoms with Gasteiger partial charge in [0, 0.05) is 11.3 Å². The third-order valence-electron chi connectivity index (χ3n) is 3.04. The molecule has 3 N–H and O–H groups in total. The number of imidazole rings is 1. The van der Waals surface area contributed by atoms with Crippen LogP contribution in [0.3, 0.4) is 0 Å². The van der Waals surface area contributed by atoms with Crippen LogP contribution < -0.4 is 0 Å². The van der Waals surface area contributed by atoms with Crippen molar-refractivity contribution >= 4 is 17.8 Å². The van der Waals surface area contributed by atoms with E-state index < -0.39 is 17.7 Å². The van der Waals surface area contributed by atoms with E-state index in [1.807, 2.05) is 0 Å². The van der Waals surface area contributed by atoms with Crippen molar-refractivity contribution in [2.75, 3.05) is 0 Å². The van der Waals surface area contributed by atoms with Crippen LogP contribution in [0.5, 0.6) is 0 Å². The van der Waals surface area contributed by atoms with Crippen LogP contribution in [0.4, 0.5) is 13.2 Å². The number of H-pyrrole nitrogens is 1. The molecule has 0 aliphatic carbocycles. The normalized spacial score (nSPS) is 11.8. The molecule has 8 heteroatoms. The van der Waals surface area contributed by atoms with Gasteiger partial charge in [-0.2, -0.15) is 13.2 Å². The molecule has 0 bridgehead atoms. The van der Waals surface area contributed by atoms with Gasteiger partial charge < -0.3 is 15.5 Å². The van der Waals surface area contributed by atoms with Crippen LogP contribution in [0.2, 0.25) is 0 Å². The van der Waals surface area contributed by atoms with Crippen molar-refractivity contribution in [1.29, 1.82) is 5.41 Å². The molecule has 0 amide bonds. The molecule has 0 saturated carbocycles. The van der Waals surface area contributed by atoms with Crippen molar-refractivity contribution in [3.05, 3.63) is 58.7 Å². The number of carboxylic acids is 1. The van der Waals surface area contributed by atoms with Crippen molar-refractivity contribution in [2.45, 2.75) is 13.1 Å². The number of carbonyl (C=O) groups is 1. The molecule has 0 aliphatic rings. The van der Waals surface area contributed by atoms with E-state index in [4.69, 9.17) is 10.5 Å². The van der Waals surface area contributed by atoms with Crippen LogP contribution in [0.25, 0.3) is 6.08 Å². The van der Waals surface area contributed by atoms with Gasteiger partial charge >= 0.3 is 12.1 Å². The molecule has 0 radical (unpaired) electrons. The molecule has 0 atom stereocenters. The molecule has 2 rings (SSSR count). The largest absolute Gasteiger partial charge is 0.476 e. The van der Waals surface area contributed by atoms with Crippen molar-refractivity contribution in [3.8, 4) is 0 Å². The van der Waals surface area contributed by atoms with Crippen LogP contribution in [0.1, 0.15) is 33.1 Å². The zero-order valence-corrected chi connectivity index (χ0v) is 11.9. The molecule has 0 saturated heterocycles. The Morgan fingerprint density at radius 2 is 2.00 bits per heavy atom. The molecule has 1 aromatic heterocycles. The molecular formula is C15H12F3N3O2. The van der Waals surface area contributed by atoms with Gasteiger partial charge in [-0.1, -0.05) is 18.2 Å². The second-order valence-corrected chi connectivity index (χ2v) is 4.69. The Morgan fingerprint density at radius 3 is 2.57 bits per heavy atom. The predicted molar refractivity (Wildman–Crippen MR) is 77.6 cm³/mol. The Kier molecular flexibility index (Phi) is 4.35. The van der Waals surface area contributed by atoms with Crippen molar-refractivity contribution in [3.63, 3.8) is 0 Å². The van der Waals surface area contributed by atoms with E-state index in [-0.39, 0.29) is 22.8 Å². The number of aryl methyl sites for hydroxylation is 1. The van der Waals surface area contributed by atoms with Gasteiger partial charge in [0.05, 0.1) is 11.3 Å². The maximum absolute atomic E-state index is 12.9. The van der Waals surface area contributed by atoms with Crippen LogP contribution >= 0.6 is 0 Å². The molecular weight excluding hydrogens is 311 g/mol. The first-order chi connectivity index (χ1) is 10.7. The van der Waals surface area contributed by atoms with Gasteiger partial charge in [0.1, 0.15) is 5.82 Å². The molecule has 0 unspecified atom stereocenters. The maximum Gasteiger partial charge on any atom is 0.417 e. The van der Waals surface area contributed by atoms with E-state index in [9.17, 15) is 18.0 Å². The van der Waals surface area contributed by atoms with Crippen molar-refractivity contribution in [1.82, 2.24) is 9.97 Å². The Labute approximate surface area is 129 Å². The van der Waals surface area contributed by atoms with Gasteiger partial charge in [0.15, 0.2) is 5.69 Å². The molecule has 120 valence electrons. The summed E-state index contributed by atoms with van der Waals surface area (Å²) in [4.78, 5) is 17.3. The summed E-state index contributed by atoms with van der Waals surface area (Å²) >= 11 is 0. The van der Waals surface area contributed by atoms with Gasteiger partial charge in [0.25, 0.3) is 0 Å². The first kappa shape index (κ1) is 16.5. The molecule has 23 heavy (non-hydrogen) atoms. The number of nitrogens with one attached hydrogen (secondary N) is 2. The second-order valence-electron chi connectivity index (χ2n) is 4.69. The van der Waals surface area contributed by atoms with E-state index in [2.05, 4.69) is 9.97 Å². The number of benzene rings is 1. The van der Waals surface area contributed by atoms with Crippen LogP contribution in [0, 0.1) is 12.3 Å². The number of halogens is 3. The first-order valence-corrected chi connectivity index (χ1v) is 6.43. The number of nitrogens with zero attached hydrogens (tertiary/aromatic N) is 1. The number of rotatable bonds is 4. The molecule has 1 heterocycles. The number of aromatic carboxylic acids is 1. The highest BCUT2D eigenvalue weighted by Gasteiger charge is 2.33. The minimum absolute atomic E-state index is 0.147. The number of allylic oxidation sites excluding steroid dienone is 1. The number of aromatic nitrogens is 2. The first-order valence-electron chi connectivity index (χ1n) is 6.43. The predicted octanol–water partition coefficient (Wildman–Crippen LogP) is 3.52. The van der Waals surface area contributed by atoms with Crippen LogP contribution in [-0.2, 0) is 6.18 Å². The van der Waals surface area contributed by atoms with E-state index in [0.717, 1.165) is 12.1 Å². The SMILES string of the molecule is Cc1[nH]c(/C=C\C(=N)c2ccccc2C(F)(F)F)nc1C(=O)O. The van der Waals surface area contributed by atoms with Crippen LogP contribution in [-0.4, -0.2) is 26.8 Å². The zero-order valence-electron chi connectivity index (χ0n) is 11.9. The number of aromatic amines is 1. The average Bonchev–Trinajstić information content (AvgIpc) is 2.85. The summed E-state index contributed by atoms with van der Waals surface area (Å²) in [5.41, 5.74) is -1.38. The van der Waals surface area contributed by atoms with E-state index >= 15 is 0 Å². The third kappa shape index (κ3) is 3.65. The standard InChI is InChI=1S/C15H12F3N3O2/c1-8-13(14(22)23)21-12(20-8)7-6-11(19)9-4-2-3-5-10(9)15(16,17)18/h2-7,19H,1H3,(H,20,21)(H,22,23)/b7-6-,19-11?. The van der Waals surface area contributed by atoms with E-state index in [1.165, 1.54) is 31.2 Å². The van der Waals surface area contributed by atoms with Gasteiger partial charge in [0.2, 0.25) is 0 Å². The molecule has 0 fully saturated rings. The fraction of sp³-hybridized carbons (Fsp3) is 0.133. The van der Waals surface area contributed by atoms with Gasteiger partial charge in [-0.25, -0.2) is 9.78 Å². The van der Waals surface area contributed by atoms with Crippen molar-refractivity contribution < 1.29 is 23.1 Å². The quantitative estimate of drug-likeness (QED) is 0.752. The number of alkyl halides is 3. The minimum atomic E-state index is -4.56. The van der Waals surface area contributed by atoms with E-state index in [0.29, 0.717) is 5.69 Å². The highest BCUT2D eigenvalue weighted by Crippen LogP contribution is 2.32. The number of carboxylic acid groups (broad SMARTS) is 1. The van der Waals surface area contributed by atoms with Gasteiger partial charge in [-0.15, -0.1) is 0 Å². The fourth-order valence-corrected chi connectivity index (χ4v) is 1.99. The van der Waals surface area contributed by atoms with Gasteiger partial charge in [-0.3, -0.25) is 0 Å². The lowest BCUT2D eigenvalue weighted by Crippen LogP contribution is -2.11. The minimum Gasteiger partial charge on any atom is -0.476 e. The molecule has 1 aromatic carbocycles. The van der Waals surface area contributed by atoms with Crippen molar-refractivity contribution in [2.24, 2.45) is 0 Å². The Morgan fingerprint density at radius 1 is 1.35 bits per heavy atom. The Bertz CT molecular complexity index is 792. The average molecular weight is 323 g/mol. The summed E-state index contributed by atoms with van der Waals surface area (Å²) in [6.45, 7) is 1.51. The number of hydrogen-bond acceptors (Lipinski definition) is 3. The maximum atomic E-state index is 12.9. The third-order valence-corrected chi connectivity index (χ3v) is 3.04. The lowest BCUT2D eigenvalue weighted by atomic mass is 10.0. The second kappa shape index (κ2) is 6.07. The topological polar surface area (TPSA) is 89.8 Å². The Hall–Kier alpha value is -2.90. The monoisotopic (exact) mass is 323 g/mol. The van der Waals surface area contributed by atoms with Gasteiger partial charge in [-0.05, 0) is 25.1 Å². The smallest absolute Gasteiger partial charge is 0.417 e. The highest BCUT2D eigenvalue weighted by molar-refractivity contribution is 6.09. The lowest BCUT2D eigenvalue weighted by molar-refractivity contribution is -0.137. The highest BCUT2D eigenvalue weighted by atomic mass is 19.4. The summed E-state index contributed by atoms with van der Waals surface area (Å²) in [5.74, 6) is -1.06. The van der Waals surface area contributed by atoms with Crippen LogP contribution in [0.15, 0.2) is 30.3 Å². The molecule has 0 spiro atoms. The Balaban J connectivity index is 2.30. The summed E-state index contributed by atoms with van der Waals surface area (Å²) < 4.78 is 38.7. The summed E-state index contributed by atoms with van der Waals surface area (Å²) in [5, 5.41) is 16.7. The summed E-state index contributed by atoms with van der Waals surface area (Å²) in [7, 11) is 0. The lowest BCUT2D eigenvalue weighted by Gasteiger charge is -2.11. The molecule has 5 nitrogen and oxygen atoms in total. The summed E-state index contributed by atoms with van der Waals surface area (Å²) in [6, 6.07) is 4.76. The summed E-state index contributed by atoms with van der Waals surface area (Å²) in [6.07, 6.45) is -2.17. The fourth-order valence-electron chi connectivity index (χ4n) is 1.99. The number of hydrogen-bond donors (Lipinski definition) is 3. The molecule has 0 aliphatic heterocycles.